The zero-order valence-electron chi connectivity index (χ0n) is 10.4. The molecule has 19 heavy (non-hydrogen) atoms. The summed E-state index contributed by atoms with van der Waals surface area (Å²) in [5.41, 5.74) is 1.08. The molecule has 0 aliphatic rings. The van der Waals surface area contributed by atoms with Gasteiger partial charge in [0.05, 0.1) is 17.6 Å². The Balaban J connectivity index is 2.30. The number of carbonyl (C=O) groups is 1. The third kappa shape index (κ3) is 2.96. The number of carbonyl (C=O) groups excluding carboxylic acids is 1. The van der Waals surface area contributed by atoms with E-state index in [1.807, 2.05) is 0 Å². The van der Waals surface area contributed by atoms with Crippen LogP contribution in [-0.2, 0) is 0 Å². The minimum absolute atomic E-state index is 0.176. The molecule has 0 N–H and O–H groups in total. The predicted octanol–water partition coefficient (Wildman–Crippen LogP) is 2.96. The molecule has 1 aromatic heterocycles. The molecule has 0 atom stereocenters. The van der Waals surface area contributed by atoms with Gasteiger partial charge in [0, 0.05) is 17.7 Å². The molecule has 98 valence electrons. The van der Waals surface area contributed by atoms with Crippen molar-refractivity contribution in [2.75, 3.05) is 11.9 Å². The summed E-state index contributed by atoms with van der Waals surface area (Å²) < 4.78 is 14.4. The lowest BCUT2D eigenvalue weighted by atomic mass is 10.2. The highest BCUT2D eigenvalue weighted by Gasteiger charge is 2.18. The molecule has 0 bridgehead atoms. The number of aromatic nitrogens is 2. The lowest BCUT2D eigenvalue weighted by molar-refractivity contribution is 0.0987. The van der Waals surface area contributed by atoms with E-state index in [1.54, 1.807) is 13.0 Å². The summed E-state index contributed by atoms with van der Waals surface area (Å²) in [6.07, 6.45) is 2.88. The van der Waals surface area contributed by atoms with Crippen LogP contribution in [0.2, 0.25) is 0 Å². The molecule has 0 saturated heterocycles. The molecule has 0 aliphatic carbocycles. The van der Waals surface area contributed by atoms with Gasteiger partial charge in [0.2, 0.25) is 0 Å². The van der Waals surface area contributed by atoms with Gasteiger partial charge in [-0.15, -0.1) is 0 Å². The van der Waals surface area contributed by atoms with E-state index in [0.717, 1.165) is 0 Å². The van der Waals surface area contributed by atoms with Crippen LogP contribution in [0.3, 0.4) is 0 Å². The lowest BCUT2D eigenvalue weighted by Crippen LogP contribution is -2.28. The Morgan fingerprint density at radius 2 is 2.05 bits per heavy atom. The largest absolute Gasteiger partial charge is 0.307 e. The Hall–Kier alpha value is -1.82. The summed E-state index contributed by atoms with van der Waals surface area (Å²) >= 11 is 3.17. The highest BCUT2D eigenvalue weighted by Crippen LogP contribution is 2.23. The van der Waals surface area contributed by atoms with Gasteiger partial charge < -0.3 is 4.90 Å². The van der Waals surface area contributed by atoms with Crippen molar-refractivity contribution in [3.05, 3.63) is 52.3 Å². The number of anilines is 1. The molecule has 1 heterocycles. The molecule has 0 spiro atoms. The fourth-order valence-corrected chi connectivity index (χ4v) is 1.87. The van der Waals surface area contributed by atoms with Gasteiger partial charge in [0.15, 0.2) is 0 Å². The second-order valence-electron chi connectivity index (χ2n) is 4.00. The van der Waals surface area contributed by atoms with E-state index < -0.39 is 11.7 Å². The van der Waals surface area contributed by atoms with Gasteiger partial charge in [-0.2, -0.15) is 0 Å². The number of nitrogens with zero attached hydrogens (tertiary/aromatic N) is 3. The molecule has 0 unspecified atom stereocenters. The van der Waals surface area contributed by atoms with Gasteiger partial charge in [-0.05, 0) is 25.1 Å². The van der Waals surface area contributed by atoms with Crippen LogP contribution in [0, 0.1) is 12.7 Å². The van der Waals surface area contributed by atoms with Gasteiger partial charge in [-0.25, -0.2) is 9.37 Å². The summed E-state index contributed by atoms with van der Waals surface area (Å²) in [5, 5.41) is 0. The molecule has 1 aromatic carbocycles. The standard InChI is InChI=1S/C13H11BrFN3O/c1-8-6-17-11(7-16-8)13(19)18(2)12-4-3-9(14)5-10(12)15/h3-7H,1-2H3. The number of halogens is 2. The molecule has 1 amide bonds. The maximum atomic E-state index is 13.8. The molecule has 2 rings (SSSR count). The average molecular weight is 324 g/mol. The number of hydrogen-bond acceptors (Lipinski definition) is 3. The Labute approximate surface area is 118 Å². The van der Waals surface area contributed by atoms with Gasteiger partial charge in [-0.3, -0.25) is 9.78 Å². The minimum Gasteiger partial charge on any atom is -0.307 e. The summed E-state index contributed by atoms with van der Waals surface area (Å²) in [6, 6.07) is 4.50. The summed E-state index contributed by atoms with van der Waals surface area (Å²) in [6.45, 7) is 1.78. The van der Waals surface area contributed by atoms with Crippen molar-refractivity contribution in [3.8, 4) is 0 Å². The first-order chi connectivity index (χ1) is 8.99. The zero-order valence-corrected chi connectivity index (χ0v) is 12.0. The van der Waals surface area contributed by atoms with Crippen LogP contribution in [0.5, 0.6) is 0 Å². The van der Waals surface area contributed by atoms with Crippen molar-refractivity contribution in [2.24, 2.45) is 0 Å². The number of aryl methyl sites for hydroxylation is 1. The Morgan fingerprint density at radius 3 is 2.63 bits per heavy atom. The zero-order chi connectivity index (χ0) is 14.0. The van der Waals surface area contributed by atoms with Crippen molar-refractivity contribution in [2.45, 2.75) is 6.92 Å². The van der Waals surface area contributed by atoms with Crippen LogP contribution in [0.4, 0.5) is 10.1 Å². The number of rotatable bonds is 2. The predicted molar refractivity (Wildman–Crippen MR) is 73.6 cm³/mol. The van der Waals surface area contributed by atoms with Crippen molar-refractivity contribution in [3.63, 3.8) is 0 Å². The van der Waals surface area contributed by atoms with Gasteiger partial charge in [-0.1, -0.05) is 15.9 Å². The second-order valence-corrected chi connectivity index (χ2v) is 4.92. The number of benzene rings is 1. The summed E-state index contributed by atoms with van der Waals surface area (Å²) in [7, 11) is 1.50. The van der Waals surface area contributed by atoms with E-state index in [1.165, 1.54) is 36.5 Å². The Morgan fingerprint density at radius 1 is 1.32 bits per heavy atom. The molecule has 4 nitrogen and oxygen atoms in total. The van der Waals surface area contributed by atoms with Gasteiger partial charge >= 0.3 is 0 Å². The highest BCUT2D eigenvalue weighted by atomic mass is 79.9. The van der Waals surface area contributed by atoms with Crippen molar-refractivity contribution in [1.29, 1.82) is 0 Å². The quantitative estimate of drug-likeness (QED) is 0.853. The van der Waals surface area contributed by atoms with Crippen molar-refractivity contribution >= 4 is 27.5 Å². The van der Waals surface area contributed by atoms with Crippen molar-refractivity contribution in [1.82, 2.24) is 9.97 Å². The van der Waals surface area contributed by atoms with E-state index in [0.29, 0.717) is 10.2 Å². The fourth-order valence-electron chi connectivity index (χ4n) is 1.54. The Bertz CT molecular complexity index is 616. The molecule has 0 fully saturated rings. The van der Waals surface area contributed by atoms with Crippen LogP contribution >= 0.6 is 15.9 Å². The highest BCUT2D eigenvalue weighted by molar-refractivity contribution is 9.10. The molecular weight excluding hydrogens is 313 g/mol. The van der Waals surface area contributed by atoms with Gasteiger partial charge in [0.1, 0.15) is 11.5 Å². The van der Waals surface area contributed by atoms with Crippen LogP contribution < -0.4 is 4.90 Å². The normalized spacial score (nSPS) is 10.3. The van der Waals surface area contributed by atoms with Crippen LogP contribution in [0.1, 0.15) is 16.2 Å². The number of hydrogen-bond donors (Lipinski definition) is 0. The van der Waals surface area contributed by atoms with E-state index >= 15 is 0 Å². The fraction of sp³-hybridized carbons (Fsp3) is 0.154. The minimum atomic E-state index is -0.481. The third-order valence-electron chi connectivity index (χ3n) is 2.58. The maximum Gasteiger partial charge on any atom is 0.278 e. The summed E-state index contributed by atoms with van der Waals surface area (Å²) in [5.74, 6) is -0.890. The Kier molecular flexibility index (Phi) is 3.90. The topological polar surface area (TPSA) is 46.1 Å². The molecule has 6 heteroatoms. The van der Waals surface area contributed by atoms with Gasteiger partial charge in [0.25, 0.3) is 5.91 Å². The maximum absolute atomic E-state index is 13.8. The van der Waals surface area contributed by atoms with E-state index in [-0.39, 0.29) is 11.4 Å². The van der Waals surface area contributed by atoms with Crippen LogP contribution in [0.25, 0.3) is 0 Å². The average Bonchev–Trinajstić information content (AvgIpc) is 2.38. The summed E-state index contributed by atoms with van der Waals surface area (Å²) in [4.78, 5) is 21.3. The SMILES string of the molecule is Cc1cnc(C(=O)N(C)c2ccc(Br)cc2F)cn1. The van der Waals surface area contributed by atoms with E-state index in [2.05, 4.69) is 25.9 Å². The molecular formula is C13H11BrFN3O. The first kappa shape index (κ1) is 13.6. The lowest BCUT2D eigenvalue weighted by Gasteiger charge is -2.17. The first-order valence-electron chi connectivity index (χ1n) is 5.51. The molecule has 0 radical (unpaired) electrons. The van der Waals surface area contributed by atoms with E-state index in [4.69, 9.17) is 0 Å². The third-order valence-corrected chi connectivity index (χ3v) is 3.07. The van der Waals surface area contributed by atoms with Crippen LogP contribution in [0.15, 0.2) is 35.1 Å². The smallest absolute Gasteiger partial charge is 0.278 e. The van der Waals surface area contributed by atoms with Crippen molar-refractivity contribution < 1.29 is 9.18 Å². The van der Waals surface area contributed by atoms with E-state index in [9.17, 15) is 9.18 Å². The first-order valence-corrected chi connectivity index (χ1v) is 6.30. The number of amides is 1. The molecule has 0 aliphatic heterocycles. The monoisotopic (exact) mass is 323 g/mol. The van der Waals surface area contributed by atoms with Crippen LogP contribution in [-0.4, -0.2) is 22.9 Å². The molecule has 0 saturated carbocycles. The second kappa shape index (κ2) is 5.44. The molecule has 2 aromatic rings.